The van der Waals surface area contributed by atoms with Crippen LogP contribution in [0.3, 0.4) is 0 Å². The minimum absolute atomic E-state index is 0.0709. The topological polar surface area (TPSA) is 105 Å². The fraction of sp³-hybridized carbons (Fsp3) is 0.464. The second kappa shape index (κ2) is 11.9. The molecule has 0 spiro atoms. The minimum Gasteiger partial charge on any atom is -0.481 e. The average molecular weight is 481 g/mol. The Morgan fingerprint density at radius 2 is 1.51 bits per heavy atom. The van der Waals surface area contributed by atoms with Gasteiger partial charge in [0.25, 0.3) is 0 Å². The molecule has 0 heterocycles. The smallest absolute Gasteiger partial charge is 0.407 e. The highest BCUT2D eigenvalue weighted by Gasteiger charge is 2.32. The van der Waals surface area contributed by atoms with Crippen LogP contribution >= 0.6 is 0 Å². The van der Waals surface area contributed by atoms with Crippen molar-refractivity contribution in [2.24, 2.45) is 11.8 Å². The van der Waals surface area contributed by atoms with Crippen molar-refractivity contribution in [2.75, 3.05) is 6.61 Å². The summed E-state index contributed by atoms with van der Waals surface area (Å²) in [4.78, 5) is 37.3. The van der Waals surface area contributed by atoms with Gasteiger partial charge in [-0.25, -0.2) is 4.79 Å². The van der Waals surface area contributed by atoms with Crippen molar-refractivity contribution >= 4 is 18.0 Å². The first-order chi connectivity index (χ1) is 16.7. The van der Waals surface area contributed by atoms with E-state index in [0.29, 0.717) is 6.42 Å². The molecule has 0 saturated heterocycles. The molecule has 1 aliphatic carbocycles. The Labute approximate surface area is 207 Å². The summed E-state index contributed by atoms with van der Waals surface area (Å²) in [5.74, 6) is -2.29. The number of hydrogen-bond donors (Lipinski definition) is 3. The highest BCUT2D eigenvalue weighted by atomic mass is 16.5. The molecule has 7 heteroatoms. The van der Waals surface area contributed by atoms with E-state index in [4.69, 9.17) is 4.74 Å². The van der Waals surface area contributed by atoms with Gasteiger partial charge >= 0.3 is 12.1 Å². The number of hydrogen-bond acceptors (Lipinski definition) is 4. The third kappa shape index (κ3) is 6.21. The summed E-state index contributed by atoms with van der Waals surface area (Å²) in [5.41, 5.74) is 4.52. The largest absolute Gasteiger partial charge is 0.481 e. The van der Waals surface area contributed by atoms with Crippen molar-refractivity contribution in [1.29, 1.82) is 0 Å². The molecule has 3 unspecified atom stereocenters. The molecular formula is C28H36N2O5. The standard InChI is InChI=1S/C28H36N2O5/c1-5-6-15-24(26(31)29-18(4)25(17(2)3)27(32)33)30-28(34)35-16-23-21-13-9-7-11-19(21)20-12-8-10-14-22(20)23/h7-14,17-18,23-25H,5-6,15-16H2,1-4H3,(H,29,31)(H,30,34)(H,32,33). The number of benzene rings is 2. The van der Waals surface area contributed by atoms with Gasteiger partial charge in [-0.05, 0) is 41.5 Å². The lowest BCUT2D eigenvalue weighted by Crippen LogP contribution is -2.52. The van der Waals surface area contributed by atoms with Gasteiger partial charge < -0.3 is 20.5 Å². The van der Waals surface area contributed by atoms with Gasteiger partial charge in [-0.1, -0.05) is 82.1 Å². The third-order valence-corrected chi connectivity index (χ3v) is 6.71. The van der Waals surface area contributed by atoms with Gasteiger partial charge in [0, 0.05) is 12.0 Å². The number of aliphatic carboxylic acids is 1. The van der Waals surface area contributed by atoms with E-state index in [-0.39, 0.29) is 18.4 Å². The van der Waals surface area contributed by atoms with E-state index in [1.165, 1.54) is 0 Å². The Morgan fingerprint density at radius 3 is 2.03 bits per heavy atom. The quantitative estimate of drug-likeness (QED) is 0.422. The molecule has 0 bridgehead atoms. The van der Waals surface area contributed by atoms with E-state index in [1.54, 1.807) is 6.92 Å². The minimum atomic E-state index is -0.956. The number of carboxylic acid groups (broad SMARTS) is 1. The Kier molecular flexibility index (Phi) is 8.90. The van der Waals surface area contributed by atoms with Crippen LogP contribution in [0.1, 0.15) is 64.0 Å². The normalized spacial score (nSPS) is 15.0. The molecule has 3 N–H and O–H groups in total. The number of carbonyl (C=O) groups is 3. The third-order valence-electron chi connectivity index (χ3n) is 6.71. The molecule has 0 fully saturated rings. The van der Waals surface area contributed by atoms with Crippen LogP contribution in [0.15, 0.2) is 48.5 Å². The number of unbranched alkanes of at least 4 members (excludes halogenated alkanes) is 1. The van der Waals surface area contributed by atoms with Crippen LogP contribution in [0.4, 0.5) is 4.79 Å². The molecule has 0 aromatic heterocycles. The number of carbonyl (C=O) groups excluding carboxylic acids is 2. The summed E-state index contributed by atoms with van der Waals surface area (Å²) in [6, 6.07) is 14.8. The maximum atomic E-state index is 13.0. The first kappa shape index (κ1) is 26.3. The van der Waals surface area contributed by atoms with Crippen LogP contribution < -0.4 is 10.6 Å². The average Bonchev–Trinajstić information content (AvgIpc) is 3.13. The van der Waals surface area contributed by atoms with Crippen LogP contribution in [0.25, 0.3) is 11.1 Å². The van der Waals surface area contributed by atoms with Gasteiger partial charge in [-0.15, -0.1) is 0 Å². The van der Waals surface area contributed by atoms with Gasteiger partial charge in [-0.2, -0.15) is 0 Å². The second-order valence-electron chi connectivity index (χ2n) is 9.57. The number of alkyl carbamates (subject to hydrolysis) is 1. The highest BCUT2D eigenvalue weighted by molar-refractivity contribution is 5.86. The number of fused-ring (bicyclic) bond motifs is 3. The Balaban J connectivity index is 1.65. The molecule has 0 aliphatic heterocycles. The second-order valence-corrected chi connectivity index (χ2v) is 9.57. The van der Waals surface area contributed by atoms with Gasteiger partial charge in [0.2, 0.25) is 5.91 Å². The molecule has 7 nitrogen and oxygen atoms in total. The van der Waals surface area contributed by atoms with Gasteiger partial charge in [0.05, 0.1) is 5.92 Å². The van der Waals surface area contributed by atoms with Gasteiger partial charge in [-0.3, -0.25) is 9.59 Å². The number of rotatable bonds is 11. The number of nitrogens with one attached hydrogen (secondary N) is 2. The number of carboxylic acids is 1. The Bertz CT molecular complexity index is 1010. The predicted molar refractivity (Wildman–Crippen MR) is 135 cm³/mol. The molecule has 0 radical (unpaired) electrons. The summed E-state index contributed by atoms with van der Waals surface area (Å²) >= 11 is 0. The van der Waals surface area contributed by atoms with E-state index in [9.17, 15) is 19.5 Å². The van der Waals surface area contributed by atoms with Crippen LogP contribution in [-0.4, -0.2) is 41.8 Å². The fourth-order valence-corrected chi connectivity index (χ4v) is 4.95. The van der Waals surface area contributed by atoms with E-state index in [1.807, 2.05) is 57.2 Å². The van der Waals surface area contributed by atoms with Gasteiger partial charge in [0.1, 0.15) is 12.6 Å². The van der Waals surface area contributed by atoms with E-state index in [2.05, 4.69) is 22.8 Å². The highest BCUT2D eigenvalue weighted by Crippen LogP contribution is 2.44. The van der Waals surface area contributed by atoms with Crippen molar-refractivity contribution < 1.29 is 24.2 Å². The summed E-state index contributed by atoms with van der Waals surface area (Å²) in [6.45, 7) is 7.47. The molecule has 2 aromatic rings. The van der Waals surface area contributed by atoms with E-state index < -0.39 is 36.0 Å². The lowest BCUT2D eigenvalue weighted by atomic mass is 9.89. The van der Waals surface area contributed by atoms with Crippen molar-refractivity contribution in [1.82, 2.24) is 10.6 Å². The zero-order chi connectivity index (χ0) is 25.5. The molecule has 2 amide bonds. The first-order valence-corrected chi connectivity index (χ1v) is 12.4. The zero-order valence-electron chi connectivity index (χ0n) is 20.9. The maximum absolute atomic E-state index is 13.0. The lowest BCUT2D eigenvalue weighted by Gasteiger charge is -2.27. The van der Waals surface area contributed by atoms with Crippen LogP contribution in [0.5, 0.6) is 0 Å². The summed E-state index contributed by atoms with van der Waals surface area (Å²) in [6.07, 6.45) is 1.38. The van der Waals surface area contributed by atoms with Crippen LogP contribution in [0, 0.1) is 11.8 Å². The molecule has 188 valence electrons. The zero-order valence-corrected chi connectivity index (χ0v) is 20.9. The van der Waals surface area contributed by atoms with Crippen LogP contribution in [-0.2, 0) is 14.3 Å². The van der Waals surface area contributed by atoms with Crippen molar-refractivity contribution in [3.8, 4) is 11.1 Å². The summed E-state index contributed by atoms with van der Waals surface area (Å²) in [5, 5.41) is 15.0. The molecule has 1 aliphatic rings. The molecule has 35 heavy (non-hydrogen) atoms. The van der Waals surface area contributed by atoms with Crippen molar-refractivity contribution in [2.45, 2.75) is 65.0 Å². The summed E-state index contributed by atoms with van der Waals surface area (Å²) in [7, 11) is 0. The number of ether oxygens (including phenoxy) is 1. The predicted octanol–water partition coefficient (Wildman–Crippen LogP) is 4.95. The van der Waals surface area contributed by atoms with Gasteiger partial charge in [0.15, 0.2) is 0 Å². The van der Waals surface area contributed by atoms with Crippen molar-refractivity contribution in [3.63, 3.8) is 0 Å². The summed E-state index contributed by atoms with van der Waals surface area (Å²) < 4.78 is 5.61. The first-order valence-electron chi connectivity index (χ1n) is 12.4. The molecule has 3 rings (SSSR count). The molecular weight excluding hydrogens is 444 g/mol. The molecule has 3 atom stereocenters. The van der Waals surface area contributed by atoms with E-state index >= 15 is 0 Å². The monoisotopic (exact) mass is 480 g/mol. The Hall–Kier alpha value is -3.35. The maximum Gasteiger partial charge on any atom is 0.407 e. The number of amides is 2. The molecule has 0 saturated carbocycles. The van der Waals surface area contributed by atoms with Crippen LogP contribution in [0.2, 0.25) is 0 Å². The molecule has 2 aromatic carbocycles. The van der Waals surface area contributed by atoms with Crippen molar-refractivity contribution in [3.05, 3.63) is 59.7 Å². The van der Waals surface area contributed by atoms with E-state index in [0.717, 1.165) is 35.1 Å². The Morgan fingerprint density at radius 1 is 0.943 bits per heavy atom. The fourth-order valence-electron chi connectivity index (χ4n) is 4.95. The lowest BCUT2D eigenvalue weighted by molar-refractivity contribution is -0.144. The SMILES string of the molecule is CCCCC(NC(=O)OCC1c2ccccc2-c2ccccc21)C(=O)NC(C)C(C(=O)O)C(C)C.